The lowest BCUT2D eigenvalue weighted by atomic mass is 9.68. The van der Waals surface area contributed by atoms with Crippen LogP contribution in [-0.2, 0) is 23.9 Å². The van der Waals surface area contributed by atoms with Gasteiger partial charge in [0.25, 0.3) is 0 Å². The number of esters is 2. The molecule has 0 radical (unpaired) electrons. The number of Topliss-reactive ketones (excluding diaryl/α,β-unsaturated/α-hetero) is 1. The molecule has 0 saturated carbocycles. The Bertz CT molecular complexity index is 1480. The molecule has 206 valence electrons. The predicted molar refractivity (Wildman–Crippen MR) is 150 cm³/mol. The maximum absolute atomic E-state index is 14.6. The monoisotopic (exact) mass is 560 g/mol. The number of benzene rings is 2. The van der Waals surface area contributed by atoms with Crippen molar-refractivity contribution in [1.29, 1.82) is 0 Å². The van der Waals surface area contributed by atoms with E-state index >= 15 is 0 Å². The number of nitrogens with two attached hydrogens (primary N) is 1. The molecule has 40 heavy (non-hydrogen) atoms. The van der Waals surface area contributed by atoms with Crippen molar-refractivity contribution < 1.29 is 28.2 Å². The first kappa shape index (κ1) is 27.3. The Morgan fingerprint density at radius 1 is 1.00 bits per heavy atom. The first-order chi connectivity index (χ1) is 19.4. The van der Waals surface area contributed by atoms with Crippen LogP contribution in [0.5, 0.6) is 0 Å². The second-order valence-corrected chi connectivity index (χ2v) is 10.4. The molecule has 2 aromatic carbocycles. The van der Waals surface area contributed by atoms with Crippen molar-refractivity contribution in [2.75, 3.05) is 18.1 Å². The summed E-state index contributed by atoms with van der Waals surface area (Å²) in [5.41, 5.74) is 8.82. The Kier molecular flexibility index (Phi) is 7.84. The molecule has 2 heterocycles. The van der Waals surface area contributed by atoms with Crippen LogP contribution in [0.2, 0.25) is 0 Å². The van der Waals surface area contributed by atoms with Gasteiger partial charge in [-0.1, -0.05) is 36.4 Å². The van der Waals surface area contributed by atoms with Crippen molar-refractivity contribution in [2.24, 2.45) is 11.7 Å². The van der Waals surface area contributed by atoms with Crippen LogP contribution in [0.3, 0.4) is 0 Å². The zero-order valence-corrected chi connectivity index (χ0v) is 23.0. The first-order valence-corrected chi connectivity index (χ1v) is 14.0. The Balaban J connectivity index is 1.80. The molecule has 0 fully saturated rings. The maximum atomic E-state index is 14.6. The summed E-state index contributed by atoms with van der Waals surface area (Å²) in [5.74, 6) is -4.71. The Hall–Kier alpha value is -4.24. The molecule has 1 aromatic heterocycles. The van der Waals surface area contributed by atoms with E-state index in [1.165, 1.54) is 35.6 Å². The maximum Gasteiger partial charge on any atom is 0.338 e. The standard InChI is InChI=1S/C31H29FN2O5S/c1-3-38-30(36)25-21(23-11-8-16-40-23)17-22-26(28(25)35)24(18-12-14-19(32)15-13-18)27(31(37)39-4-2)29(33)34(22)20-9-6-5-7-10-20/h5-16,21,24-25H,3-4,17,33H2,1-2H3/t21-,24-,25-/m1/s1. The quantitative estimate of drug-likeness (QED) is 0.305. The predicted octanol–water partition coefficient (Wildman–Crippen LogP) is 5.41. The number of hydrogen-bond acceptors (Lipinski definition) is 8. The van der Waals surface area contributed by atoms with Gasteiger partial charge in [-0.2, -0.15) is 0 Å². The van der Waals surface area contributed by atoms with Crippen molar-refractivity contribution >= 4 is 34.7 Å². The van der Waals surface area contributed by atoms with E-state index in [1.54, 1.807) is 18.7 Å². The third-order valence-corrected chi connectivity index (χ3v) is 8.21. The van der Waals surface area contributed by atoms with Gasteiger partial charge in [-0.3, -0.25) is 14.5 Å². The molecule has 3 atom stereocenters. The van der Waals surface area contributed by atoms with E-state index in [4.69, 9.17) is 15.2 Å². The molecule has 0 amide bonds. The summed E-state index contributed by atoms with van der Waals surface area (Å²) in [6.45, 7) is 3.57. The average Bonchev–Trinajstić information content (AvgIpc) is 3.48. The number of ether oxygens (including phenoxy) is 2. The largest absolute Gasteiger partial charge is 0.465 e. The van der Waals surface area contributed by atoms with Gasteiger partial charge >= 0.3 is 11.9 Å². The number of para-hydroxylation sites is 1. The highest BCUT2D eigenvalue weighted by atomic mass is 32.1. The number of halogens is 1. The number of carbonyl (C=O) groups excluding carboxylic acids is 3. The third kappa shape index (κ3) is 4.81. The Labute approximate surface area is 235 Å². The second-order valence-electron chi connectivity index (χ2n) is 9.46. The molecule has 1 aliphatic carbocycles. The molecule has 1 aliphatic heterocycles. The minimum atomic E-state index is -1.12. The van der Waals surface area contributed by atoms with Crippen LogP contribution in [0.25, 0.3) is 0 Å². The number of ketones is 1. The van der Waals surface area contributed by atoms with Crippen molar-refractivity contribution in [3.8, 4) is 0 Å². The van der Waals surface area contributed by atoms with E-state index in [-0.39, 0.29) is 36.6 Å². The molecule has 7 nitrogen and oxygen atoms in total. The van der Waals surface area contributed by atoms with Crippen LogP contribution in [0.15, 0.2) is 94.8 Å². The lowest BCUT2D eigenvalue weighted by Crippen LogP contribution is -2.46. The average molecular weight is 561 g/mol. The van der Waals surface area contributed by atoms with Gasteiger partial charge in [-0.15, -0.1) is 11.3 Å². The van der Waals surface area contributed by atoms with Gasteiger partial charge in [0.2, 0.25) is 0 Å². The zero-order chi connectivity index (χ0) is 28.4. The number of thiophene rings is 1. The zero-order valence-electron chi connectivity index (χ0n) is 22.1. The summed E-state index contributed by atoms with van der Waals surface area (Å²) in [4.78, 5) is 44.0. The topological polar surface area (TPSA) is 98.9 Å². The minimum absolute atomic E-state index is 0.0570. The van der Waals surface area contributed by atoms with Gasteiger partial charge in [0, 0.05) is 27.8 Å². The molecule has 0 saturated heterocycles. The molecular formula is C31H29FN2O5S. The molecule has 0 unspecified atom stereocenters. The van der Waals surface area contributed by atoms with E-state index in [0.717, 1.165) is 4.88 Å². The summed E-state index contributed by atoms with van der Waals surface area (Å²) >= 11 is 1.46. The third-order valence-electron chi connectivity index (χ3n) is 7.20. The fraction of sp³-hybridized carbons (Fsp3) is 0.258. The summed E-state index contributed by atoms with van der Waals surface area (Å²) in [6, 6.07) is 18.5. The van der Waals surface area contributed by atoms with E-state index in [9.17, 15) is 18.8 Å². The molecule has 0 spiro atoms. The normalized spacial score (nSPS) is 20.8. The van der Waals surface area contributed by atoms with Crippen molar-refractivity contribution in [3.05, 3.63) is 111 Å². The fourth-order valence-electron chi connectivity index (χ4n) is 5.57. The van der Waals surface area contributed by atoms with Crippen molar-refractivity contribution in [2.45, 2.75) is 32.1 Å². The second kappa shape index (κ2) is 11.5. The molecule has 2 aliphatic rings. The lowest BCUT2D eigenvalue weighted by Gasteiger charge is -2.43. The van der Waals surface area contributed by atoms with E-state index in [0.29, 0.717) is 16.9 Å². The van der Waals surface area contributed by atoms with Crippen LogP contribution >= 0.6 is 11.3 Å². The van der Waals surface area contributed by atoms with Crippen LogP contribution in [0.4, 0.5) is 10.1 Å². The first-order valence-electron chi connectivity index (χ1n) is 13.1. The lowest BCUT2D eigenvalue weighted by molar-refractivity contribution is -0.152. The van der Waals surface area contributed by atoms with Gasteiger partial charge in [0.1, 0.15) is 17.6 Å². The molecule has 5 rings (SSSR count). The van der Waals surface area contributed by atoms with Gasteiger partial charge in [0.15, 0.2) is 5.78 Å². The van der Waals surface area contributed by atoms with Crippen LogP contribution in [0.1, 0.15) is 42.5 Å². The van der Waals surface area contributed by atoms with E-state index < -0.39 is 41.3 Å². The van der Waals surface area contributed by atoms with Gasteiger partial charge < -0.3 is 15.2 Å². The molecule has 2 N–H and O–H groups in total. The van der Waals surface area contributed by atoms with Crippen LogP contribution in [0, 0.1) is 11.7 Å². The number of hydrogen-bond donors (Lipinski definition) is 1. The van der Waals surface area contributed by atoms with Gasteiger partial charge in [-0.05, 0) is 61.5 Å². The Morgan fingerprint density at radius 2 is 1.70 bits per heavy atom. The summed E-state index contributed by atoms with van der Waals surface area (Å²) in [7, 11) is 0. The Morgan fingerprint density at radius 3 is 2.33 bits per heavy atom. The van der Waals surface area contributed by atoms with Crippen LogP contribution < -0.4 is 10.6 Å². The molecule has 3 aromatic rings. The number of allylic oxidation sites excluding steroid dienone is 2. The highest BCUT2D eigenvalue weighted by Gasteiger charge is 2.51. The number of nitrogens with zero attached hydrogens (tertiary/aromatic N) is 1. The highest BCUT2D eigenvalue weighted by molar-refractivity contribution is 7.10. The van der Waals surface area contributed by atoms with E-state index in [2.05, 4.69) is 0 Å². The van der Waals surface area contributed by atoms with Gasteiger partial charge in [-0.25, -0.2) is 9.18 Å². The number of rotatable bonds is 7. The molecule has 0 bridgehead atoms. The van der Waals surface area contributed by atoms with Gasteiger partial charge in [0.05, 0.1) is 24.7 Å². The summed E-state index contributed by atoms with van der Waals surface area (Å²) in [5, 5.41) is 1.90. The molecule has 9 heteroatoms. The summed E-state index contributed by atoms with van der Waals surface area (Å²) in [6.07, 6.45) is 0.286. The van der Waals surface area contributed by atoms with Crippen molar-refractivity contribution in [1.82, 2.24) is 0 Å². The minimum Gasteiger partial charge on any atom is -0.465 e. The smallest absolute Gasteiger partial charge is 0.338 e. The number of anilines is 1. The highest BCUT2D eigenvalue weighted by Crippen LogP contribution is 2.52. The fourth-order valence-corrected chi connectivity index (χ4v) is 6.44. The van der Waals surface area contributed by atoms with Crippen molar-refractivity contribution in [3.63, 3.8) is 0 Å². The van der Waals surface area contributed by atoms with Crippen LogP contribution in [-0.4, -0.2) is 30.9 Å². The van der Waals surface area contributed by atoms with E-state index in [1.807, 2.05) is 47.8 Å². The molecular weight excluding hydrogens is 531 g/mol. The number of carbonyl (C=O) groups is 3. The summed E-state index contributed by atoms with van der Waals surface area (Å²) < 4.78 is 24.8. The SMILES string of the molecule is CCOC(=O)C1=C(N)N(c2ccccc2)C2=C(C(=O)[C@H](C(=O)OCC)[C@@H](c3cccs3)C2)[C@H]1c1ccc(F)cc1.